The van der Waals surface area contributed by atoms with Crippen LogP contribution in [0.2, 0.25) is 0 Å². The number of piperidine rings is 1. The number of pyridine rings is 1. The summed E-state index contributed by atoms with van der Waals surface area (Å²) < 4.78 is 0. The Kier molecular flexibility index (Phi) is 5.52. The molecule has 2 heterocycles. The van der Waals surface area contributed by atoms with Crippen LogP contribution in [0.15, 0.2) is 24.5 Å². The molecule has 1 aliphatic heterocycles. The van der Waals surface area contributed by atoms with Gasteiger partial charge < -0.3 is 10.2 Å². The Morgan fingerprint density at radius 3 is 2.86 bits per heavy atom. The number of amides is 2. The Labute approximate surface area is 132 Å². The molecule has 0 radical (unpaired) electrons. The molecule has 5 nitrogen and oxygen atoms in total. The molecule has 1 aromatic rings. The van der Waals surface area contributed by atoms with Gasteiger partial charge in [0.1, 0.15) is 0 Å². The van der Waals surface area contributed by atoms with E-state index < -0.39 is 0 Å². The minimum absolute atomic E-state index is 0.0256. The van der Waals surface area contributed by atoms with E-state index in [1.807, 2.05) is 24.0 Å². The third-order valence-electron chi connectivity index (χ3n) is 3.98. The SMILES string of the molecule is CCNC(=O)[C@@H]1CCC(=O)N(CC(C)C)[C@H]1c1cccnc1. The topological polar surface area (TPSA) is 62.3 Å². The second-order valence-electron chi connectivity index (χ2n) is 6.21. The molecule has 1 aliphatic rings. The summed E-state index contributed by atoms with van der Waals surface area (Å²) in [7, 11) is 0. The van der Waals surface area contributed by atoms with Crippen molar-refractivity contribution in [3.63, 3.8) is 0 Å². The van der Waals surface area contributed by atoms with Crippen molar-refractivity contribution < 1.29 is 9.59 Å². The van der Waals surface area contributed by atoms with Gasteiger partial charge in [-0.05, 0) is 30.9 Å². The van der Waals surface area contributed by atoms with E-state index in [2.05, 4.69) is 24.1 Å². The van der Waals surface area contributed by atoms with Gasteiger partial charge in [-0.25, -0.2) is 0 Å². The number of carbonyl (C=O) groups is 2. The van der Waals surface area contributed by atoms with Crippen molar-refractivity contribution in [3.8, 4) is 0 Å². The molecular formula is C17H25N3O2. The molecule has 1 fully saturated rings. The minimum atomic E-state index is -0.219. The third-order valence-corrected chi connectivity index (χ3v) is 3.98. The molecule has 0 bridgehead atoms. The number of likely N-dealkylation sites (tertiary alicyclic amines) is 1. The molecule has 120 valence electrons. The maximum atomic E-state index is 12.5. The van der Waals surface area contributed by atoms with E-state index in [-0.39, 0.29) is 23.8 Å². The van der Waals surface area contributed by atoms with Crippen LogP contribution in [0.25, 0.3) is 0 Å². The summed E-state index contributed by atoms with van der Waals surface area (Å²) in [6.45, 7) is 7.35. The standard InChI is InChI=1S/C17H25N3O2/c1-4-19-17(22)14-7-8-15(21)20(11-12(2)3)16(14)13-6-5-9-18-10-13/h5-6,9-10,12,14,16H,4,7-8,11H2,1-3H3,(H,19,22)/t14-,16+/m1/s1. The Balaban J connectivity index is 2.36. The summed E-state index contributed by atoms with van der Waals surface area (Å²) in [6.07, 6.45) is 4.51. The van der Waals surface area contributed by atoms with Gasteiger partial charge in [0.2, 0.25) is 11.8 Å². The largest absolute Gasteiger partial charge is 0.356 e. The van der Waals surface area contributed by atoms with E-state index in [9.17, 15) is 9.59 Å². The van der Waals surface area contributed by atoms with E-state index in [0.29, 0.717) is 31.8 Å². The predicted molar refractivity (Wildman–Crippen MR) is 84.9 cm³/mol. The maximum absolute atomic E-state index is 12.5. The van der Waals surface area contributed by atoms with Crippen LogP contribution < -0.4 is 5.32 Å². The van der Waals surface area contributed by atoms with Gasteiger partial charge in [0.25, 0.3) is 0 Å². The monoisotopic (exact) mass is 303 g/mol. The van der Waals surface area contributed by atoms with E-state index in [1.54, 1.807) is 12.4 Å². The number of carbonyl (C=O) groups excluding carboxylic acids is 2. The third kappa shape index (κ3) is 3.64. The summed E-state index contributed by atoms with van der Waals surface area (Å²) in [6, 6.07) is 3.59. The van der Waals surface area contributed by atoms with Gasteiger partial charge in [-0.15, -0.1) is 0 Å². The second kappa shape index (κ2) is 7.38. The summed E-state index contributed by atoms with van der Waals surface area (Å²) in [4.78, 5) is 30.9. The zero-order valence-electron chi connectivity index (χ0n) is 13.6. The van der Waals surface area contributed by atoms with Crippen LogP contribution in [0.4, 0.5) is 0 Å². The molecule has 0 unspecified atom stereocenters. The fourth-order valence-electron chi connectivity index (χ4n) is 3.10. The zero-order valence-corrected chi connectivity index (χ0v) is 13.6. The van der Waals surface area contributed by atoms with Gasteiger partial charge in [0.15, 0.2) is 0 Å². The molecular weight excluding hydrogens is 278 g/mol. The Bertz CT molecular complexity index is 516. The number of aromatic nitrogens is 1. The van der Waals surface area contributed by atoms with Crippen LogP contribution in [0.3, 0.4) is 0 Å². The fraction of sp³-hybridized carbons (Fsp3) is 0.588. The van der Waals surface area contributed by atoms with Crippen LogP contribution in [-0.2, 0) is 9.59 Å². The van der Waals surface area contributed by atoms with Gasteiger partial charge in [0.05, 0.1) is 12.0 Å². The average Bonchev–Trinajstić information content (AvgIpc) is 2.49. The quantitative estimate of drug-likeness (QED) is 0.906. The number of nitrogens with zero attached hydrogens (tertiary/aromatic N) is 2. The lowest BCUT2D eigenvalue weighted by Gasteiger charge is -2.41. The first-order chi connectivity index (χ1) is 10.5. The van der Waals surface area contributed by atoms with Crippen molar-refractivity contribution in [2.75, 3.05) is 13.1 Å². The number of hydrogen-bond donors (Lipinski definition) is 1. The van der Waals surface area contributed by atoms with E-state index in [0.717, 1.165) is 5.56 Å². The van der Waals surface area contributed by atoms with E-state index in [4.69, 9.17) is 0 Å². The second-order valence-corrected chi connectivity index (χ2v) is 6.21. The highest BCUT2D eigenvalue weighted by Crippen LogP contribution is 2.37. The highest BCUT2D eigenvalue weighted by atomic mass is 16.2. The first-order valence-electron chi connectivity index (χ1n) is 8.01. The molecule has 1 aromatic heterocycles. The average molecular weight is 303 g/mol. The van der Waals surface area contributed by atoms with Gasteiger partial charge in [-0.2, -0.15) is 0 Å². The lowest BCUT2D eigenvalue weighted by molar-refractivity contribution is -0.144. The van der Waals surface area contributed by atoms with Crippen molar-refractivity contribution in [1.29, 1.82) is 0 Å². The normalized spacial score (nSPS) is 22.0. The summed E-state index contributed by atoms with van der Waals surface area (Å²) in [5.41, 5.74) is 0.937. The number of hydrogen-bond acceptors (Lipinski definition) is 3. The van der Waals surface area contributed by atoms with Crippen molar-refractivity contribution in [1.82, 2.24) is 15.2 Å². The highest BCUT2D eigenvalue weighted by molar-refractivity contribution is 5.85. The molecule has 1 N–H and O–H groups in total. The molecule has 2 rings (SSSR count). The van der Waals surface area contributed by atoms with E-state index in [1.165, 1.54) is 0 Å². The smallest absolute Gasteiger partial charge is 0.225 e. The summed E-state index contributed by atoms with van der Waals surface area (Å²) in [5, 5.41) is 2.91. The van der Waals surface area contributed by atoms with Gasteiger partial charge in [-0.3, -0.25) is 14.6 Å². The van der Waals surface area contributed by atoms with Crippen molar-refractivity contribution in [2.45, 2.75) is 39.7 Å². The van der Waals surface area contributed by atoms with E-state index >= 15 is 0 Å². The van der Waals surface area contributed by atoms with Crippen LogP contribution in [0.5, 0.6) is 0 Å². The van der Waals surface area contributed by atoms with Gasteiger partial charge in [0, 0.05) is 31.9 Å². The molecule has 0 spiro atoms. The van der Waals surface area contributed by atoms with Crippen molar-refractivity contribution in [3.05, 3.63) is 30.1 Å². The Hall–Kier alpha value is -1.91. The van der Waals surface area contributed by atoms with Crippen molar-refractivity contribution in [2.24, 2.45) is 11.8 Å². The first-order valence-corrected chi connectivity index (χ1v) is 8.01. The molecule has 2 amide bonds. The molecule has 22 heavy (non-hydrogen) atoms. The zero-order chi connectivity index (χ0) is 16.1. The Morgan fingerprint density at radius 1 is 1.50 bits per heavy atom. The van der Waals surface area contributed by atoms with Crippen LogP contribution in [0, 0.1) is 11.8 Å². The predicted octanol–water partition coefficient (Wildman–Crippen LogP) is 2.15. The lowest BCUT2D eigenvalue weighted by atomic mass is 9.83. The van der Waals surface area contributed by atoms with Crippen LogP contribution in [-0.4, -0.2) is 34.8 Å². The van der Waals surface area contributed by atoms with Crippen molar-refractivity contribution >= 4 is 11.8 Å². The minimum Gasteiger partial charge on any atom is -0.356 e. The Morgan fingerprint density at radius 2 is 2.27 bits per heavy atom. The fourth-order valence-corrected chi connectivity index (χ4v) is 3.10. The summed E-state index contributed by atoms with van der Waals surface area (Å²) in [5.74, 6) is 0.303. The number of nitrogens with one attached hydrogen (secondary N) is 1. The molecule has 0 saturated carbocycles. The molecule has 2 atom stereocenters. The first kappa shape index (κ1) is 16.5. The highest BCUT2D eigenvalue weighted by Gasteiger charge is 2.40. The molecule has 0 aromatic carbocycles. The molecule has 5 heteroatoms. The van der Waals surface area contributed by atoms with Gasteiger partial charge >= 0.3 is 0 Å². The number of rotatable bonds is 5. The van der Waals surface area contributed by atoms with Crippen LogP contribution in [0.1, 0.15) is 45.2 Å². The molecule has 1 saturated heterocycles. The molecule has 0 aliphatic carbocycles. The summed E-state index contributed by atoms with van der Waals surface area (Å²) >= 11 is 0. The van der Waals surface area contributed by atoms with Crippen LogP contribution >= 0.6 is 0 Å². The lowest BCUT2D eigenvalue weighted by Crippen LogP contribution is -2.49. The van der Waals surface area contributed by atoms with Gasteiger partial charge in [-0.1, -0.05) is 19.9 Å². The maximum Gasteiger partial charge on any atom is 0.225 e.